The van der Waals surface area contributed by atoms with Gasteiger partial charge in [-0.1, -0.05) is 46.3 Å². The largest absolute Gasteiger partial charge is 0.337 e. The summed E-state index contributed by atoms with van der Waals surface area (Å²) in [4.78, 5) is 16.2. The topological polar surface area (TPSA) is 66.0 Å². The molecule has 0 unspecified atom stereocenters. The zero-order chi connectivity index (χ0) is 16.1. The molecule has 5 nitrogen and oxygen atoms in total. The van der Waals surface area contributed by atoms with E-state index in [0.29, 0.717) is 5.13 Å². The van der Waals surface area contributed by atoms with Crippen LogP contribution in [0.4, 0.5) is 15.6 Å². The van der Waals surface area contributed by atoms with Gasteiger partial charge in [0.2, 0.25) is 5.13 Å². The van der Waals surface area contributed by atoms with Gasteiger partial charge < -0.3 is 5.32 Å². The summed E-state index contributed by atoms with van der Waals surface area (Å²) < 4.78 is 1.02. The van der Waals surface area contributed by atoms with Gasteiger partial charge in [-0.15, -0.1) is 11.3 Å². The van der Waals surface area contributed by atoms with Crippen molar-refractivity contribution in [3.8, 4) is 11.3 Å². The molecule has 0 spiro atoms. The molecule has 0 radical (unpaired) electrons. The van der Waals surface area contributed by atoms with Crippen LogP contribution >= 0.6 is 27.3 Å². The lowest BCUT2D eigenvalue weighted by Gasteiger charge is -2.07. The number of thiazole rings is 1. The Morgan fingerprint density at radius 2 is 1.78 bits per heavy atom. The highest BCUT2D eigenvalue weighted by Gasteiger charge is 2.06. The molecule has 3 N–H and O–H groups in total. The van der Waals surface area contributed by atoms with E-state index in [1.54, 1.807) is 0 Å². The number of anilines is 2. The second kappa shape index (κ2) is 7.26. The van der Waals surface area contributed by atoms with Gasteiger partial charge in [-0.25, -0.2) is 15.2 Å². The van der Waals surface area contributed by atoms with Crippen molar-refractivity contribution in [3.05, 3.63) is 64.5 Å². The van der Waals surface area contributed by atoms with Crippen LogP contribution in [0.3, 0.4) is 0 Å². The van der Waals surface area contributed by atoms with Gasteiger partial charge in [0.25, 0.3) is 0 Å². The summed E-state index contributed by atoms with van der Waals surface area (Å²) in [5.74, 6) is 0. The molecule has 7 heteroatoms. The van der Waals surface area contributed by atoms with Gasteiger partial charge in [-0.2, -0.15) is 0 Å². The molecule has 3 rings (SSSR count). The van der Waals surface area contributed by atoms with Crippen molar-refractivity contribution in [2.45, 2.75) is 0 Å². The quantitative estimate of drug-likeness (QED) is 0.566. The van der Waals surface area contributed by atoms with Crippen LogP contribution in [0, 0.1) is 0 Å². The van der Waals surface area contributed by atoms with Crippen LogP contribution in [0.1, 0.15) is 0 Å². The van der Waals surface area contributed by atoms with Gasteiger partial charge in [-0.3, -0.25) is 5.43 Å². The van der Waals surface area contributed by atoms with Crippen molar-refractivity contribution < 1.29 is 4.79 Å². The molecule has 0 aliphatic heterocycles. The lowest BCUT2D eigenvalue weighted by Crippen LogP contribution is -2.33. The van der Waals surface area contributed by atoms with E-state index in [1.807, 2.05) is 60.0 Å². The summed E-state index contributed by atoms with van der Waals surface area (Å²) in [7, 11) is 0. The average molecular weight is 389 g/mol. The maximum atomic E-state index is 11.8. The molecule has 3 aromatic rings. The van der Waals surface area contributed by atoms with Gasteiger partial charge in [0.1, 0.15) is 0 Å². The summed E-state index contributed by atoms with van der Waals surface area (Å²) >= 11 is 4.83. The lowest BCUT2D eigenvalue weighted by atomic mass is 10.2. The molecule has 2 aromatic carbocycles. The molecule has 1 aromatic heterocycles. The van der Waals surface area contributed by atoms with Gasteiger partial charge in [0.05, 0.1) is 5.69 Å². The Morgan fingerprint density at radius 3 is 2.52 bits per heavy atom. The maximum absolute atomic E-state index is 11.8. The number of carbonyl (C=O) groups excluding carboxylic acids is 1. The Labute approximate surface area is 145 Å². The van der Waals surface area contributed by atoms with Crippen LogP contribution < -0.4 is 16.2 Å². The second-order valence-corrected chi connectivity index (χ2v) is 6.39. The van der Waals surface area contributed by atoms with Gasteiger partial charge in [-0.05, 0) is 24.3 Å². The Morgan fingerprint density at radius 1 is 1.04 bits per heavy atom. The zero-order valence-electron chi connectivity index (χ0n) is 11.9. The number of hydrogen-bond acceptors (Lipinski definition) is 4. The third-order valence-electron chi connectivity index (χ3n) is 2.96. The number of hydrogen-bond donors (Lipinski definition) is 3. The molecule has 0 aliphatic rings. The van der Waals surface area contributed by atoms with E-state index in [1.165, 1.54) is 11.3 Å². The third kappa shape index (κ3) is 4.30. The number of para-hydroxylation sites is 1. The Balaban J connectivity index is 1.57. The first-order valence-electron chi connectivity index (χ1n) is 6.80. The number of nitrogens with one attached hydrogen (secondary N) is 3. The van der Waals surface area contributed by atoms with Crippen LogP contribution in [0.2, 0.25) is 0 Å². The molecule has 1 heterocycles. The van der Waals surface area contributed by atoms with Gasteiger partial charge in [0.15, 0.2) is 0 Å². The number of rotatable bonds is 4. The van der Waals surface area contributed by atoms with Crippen molar-refractivity contribution in [1.82, 2.24) is 10.4 Å². The molecule has 0 bridgehead atoms. The fourth-order valence-electron chi connectivity index (χ4n) is 1.88. The van der Waals surface area contributed by atoms with Crippen molar-refractivity contribution in [1.29, 1.82) is 0 Å². The Hall–Kier alpha value is -2.38. The van der Waals surface area contributed by atoms with Crippen LogP contribution in [-0.2, 0) is 0 Å². The van der Waals surface area contributed by atoms with E-state index in [4.69, 9.17) is 0 Å². The first-order valence-corrected chi connectivity index (χ1v) is 8.47. The van der Waals surface area contributed by atoms with Crippen molar-refractivity contribution in [3.63, 3.8) is 0 Å². The highest BCUT2D eigenvalue weighted by molar-refractivity contribution is 9.10. The van der Waals surface area contributed by atoms with E-state index in [9.17, 15) is 4.79 Å². The third-order valence-corrected chi connectivity index (χ3v) is 4.25. The Kier molecular flexibility index (Phi) is 4.89. The zero-order valence-corrected chi connectivity index (χ0v) is 14.3. The monoisotopic (exact) mass is 388 g/mol. The minimum atomic E-state index is -0.350. The van der Waals surface area contributed by atoms with Crippen LogP contribution in [0.5, 0.6) is 0 Å². The molecule has 116 valence electrons. The predicted octanol–water partition coefficient (Wildman–Crippen LogP) is 4.72. The van der Waals surface area contributed by atoms with E-state index in [2.05, 4.69) is 37.1 Å². The number of aromatic nitrogens is 1. The number of urea groups is 1. The molecule has 0 atom stereocenters. The summed E-state index contributed by atoms with van der Waals surface area (Å²) in [6.07, 6.45) is 0. The molecule has 0 fully saturated rings. The first kappa shape index (κ1) is 15.5. The minimum Gasteiger partial charge on any atom is -0.307 e. The van der Waals surface area contributed by atoms with Crippen molar-refractivity contribution in [2.75, 3.05) is 10.7 Å². The SMILES string of the molecule is O=C(NNc1nc(-c2ccc(Br)cc2)cs1)Nc1ccccc1. The summed E-state index contributed by atoms with van der Waals surface area (Å²) in [6, 6.07) is 16.8. The highest BCUT2D eigenvalue weighted by atomic mass is 79.9. The lowest BCUT2D eigenvalue weighted by molar-refractivity contribution is 0.254. The predicted molar refractivity (Wildman–Crippen MR) is 97.5 cm³/mol. The van der Waals surface area contributed by atoms with E-state index in [-0.39, 0.29) is 6.03 Å². The number of carbonyl (C=O) groups is 1. The minimum absolute atomic E-state index is 0.350. The average Bonchev–Trinajstić information content (AvgIpc) is 3.04. The molecule has 0 aliphatic carbocycles. The first-order chi connectivity index (χ1) is 11.2. The fourth-order valence-corrected chi connectivity index (χ4v) is 2.82. The fraction of sp³-hybridized carbons (Fsp3) is 0. The standard InChI is InChI=1S/C16H13BrN4OS/c17-12-8-6-11(7-9-12)14-10-23-16(19-14)21-20-15(22)18-13-4-2-1-3-5-13/h1-10H,(H,19,21)(H2,18,20,22). The van der Waals surface area contributed by atoms with Crippen molar-refractivity contribution >= 4 is 44.1 Å². The second-order valence-electron chi connectivity index (χ2n) is 4.61. The van der Waals surface area contributed by atoms with Gasteiger partial charge in [0, 0.05) is 21.1 Å². The van der Waals surface area contributed by atoms with E-state index in [0.717, 1.165) is 21.4 Å². The van der Waals surface area contributed by atoms with E-state index >= 15 is 0 Å². The molecule has 0 saturated carbocycles. The molecule has 0 saturated heterocycles. The molecule has 23 heavy (non-hydrogen) atoms. The van der Waals surface area contributed by atoms with Crippen LogP contribution in [0.15, 0.2) is 64.5 Å². The van der Waals surface area contributed by atoms with E-state index < -0.39 is 0 Å². The Bertz CT molecular complexity index is 789. The molecule has 2 amide bonds. The summed E-state index contributed by atoms with van der Waals surface area (Å²) in [5, 5.41) is 5.27. The highest BCUT2D eigenvalue weighted by Crippen LogP contribution is 2.25. The number of nitrogens with zero attached hydrogens (tertiary/aromatic N) is 1. The number of benzene rings is 2. The normalized spacial score (nSPS) is 10.1. The maximum Gasteiger partial charge on any atom is 0.337 e. The summed E-state index contributed by atoms with van der Waals surface area (Å²) in [5.41, 5.74) is 7.96. The number of amides is 2. The number of halogens is 1. The van der Waals surface area contributed by atoms with Crippen LogP contribution in [-0.4, -0.2) is 11.0 Å². The number of hydrazine groups is 1. The molecular weight excluding hydrogens is 376 g/mol. The summed E-state index contributed by atoms with van der Waals surface area (Å²) in [6.45, 7) is 0. The van der Waals surface area contributed by atoms with Crippen LogP contribution in [0.25, 0.3) is 11.3 Å². The van der Waals surface area contributed by atoms with Crippen molar-refractivity contribution in [2.24, 2.45) is 0 Å². The smallest absolute Gasteiger partial charge is 0.307 e. The molecular formula is C16H13BrN4OS. The van der Waals surface area contributed by atoms with Gasteiger partial charge >= 0.3 is 6.03 Å².